The molecule has 1 heterocycles. The average molecular weight is 278 g/mol. The van der Waals surface area contributed by atoms with Crippen LogP contribution in [0.4, 0.5) is 0 Å². The summed E-state index contributed by atoms with van der Waals surface area (Å²) in [6.45, 7) is 0.600. The summed E-state index contributed by atoms with van der Waals surface area (Å²) in [4.78, 5) is 14.8. The van der Waals surface area contributed by atoms with Gasteiger partial charge in [0.2, 0.25) is 0 Å². The molecule has 0 aliphatic heterocycles. The van der Waals surface area contributed by atoms with Crippen molar-refractivity contribution in [2.24, 2.45) is 0 Å². The van der Waals surface area contributed by atoms with Crippen LogP contribution in [-0.4, -0.2) is 16.1 Å². The molecule has 0 amide bonds. The van der Waals surface area contributed by atoms with Crippen molar-refractivity contribution in [2.75, 3.05) is 0 Å². The van der Waals surface area contributed by atoms with Crippen molar-refractivity contribution in [1.29, 1.82) is 0 Å². The van der Waals surface area contributed by atoms with Gasteiger partial charge >= 0.3 is 5.97 Å². The molecule has 0 spiro atoms. The van der Waals surface area contributed by atoms with Crippen LogP contribution in [0.5, 0.6) is 0 Å². The summed E-state index contributed by atoms with van der Waals surface area (Å²) >= 11 is 5.78. The normalized spacial score (nSPS) is 10.4. The van der Waals surface area contributed by atoms with E-state index in [0.29, 0.717) is 17.2 Å². The van der Waals surface area contributed by atoms with Gasteiger partial charge in [-0.1, -0.05) is 29.8 Å². The minimum absolute atomic E-state index is 0.0265. The minimum atomic E-state index is -1.05. The molecule has 0 unspecified atom stereocenters. The van der Waals surface area contributed by atoms with Crippen molar-refractivity contribution < 1.29 is 14.6 Å². The topological polar surface area (TPSA) is 59.4 Å². The zero-order valence-corrected chi connectivity index (χ0v) is 10.8. The predicted octanol–water partition coefficient (Wildman–Crippen LogP) is 3.15. The molecule has 5 heteroatoms. The molecule has 19 heavy (non-hydrogen) atoms. The second-order valence-electron chi connectivity index (χ2n) is 3.94. The molecule has 1 aromatic heterocycles. The molecule has 0 saturated heterocycles. The Morgan fingerprint density at radius 1 is 1.21 bits per heavy atom. The highest BCUT2D eigenvalue weighted by atomic mass is 35.5. The Morgan fingerprint density at radius 2 is 1.95 bits per heavy atom. The van der Waals surface area contributed by atoms with E-state index in [9.17, 15) is 4.79 Å². The number of pyridine rings is 1. The molecule has 4 nitrogen and oxygen atoms in total. The maximum Gasteiger partial charge on any atom is 0.354 e. The van der Waals surface area contributed by atoms with Crippen molar-refractivity contribution >= 4 is 17.6 Å². The Labute approximate surface area is 115 Å². The van der Waals surface area contributed by atoms with Crippen molar-refractivity contribution in [2.45, 2.75) is 13.2 Å². The third-order valence-electron chi connectivity index (χ3n) is 2.53. The smallest absolute Gasteiger partial charge is 0.354 e. The summed E-state index contributed by atoms with van der Waals surface area (Å²) < 4.78 is 5.49. The van der Waals surface area contributed by atoms with Gasteiger partial charge in [0.15, 0.2) is 5.69 Å². The van der Waals surface area contributed by atoms with E-state index in [1.165, 1.54) is 6.20 Å². The van der Waals surface area contributed by atoms with Crippen LogP contribution < -0.4 is 0 Å². The quantitative estimate of drug-likeness (QED) is 0.912. The van der Waals surface area contributed by atoms with E-state index >= 15 is 0 Å². The lowest BCUT2D eigenvalue weighted by Gasteiger charge is -2.06. The summed E-state index contributed by atoms with van der Waals surface area (Å²) in [5.41, 5.74) is 1.56. The number of carboxylic acid groups (broad SMARTS) is 1. The number of aromatic carboxylic acids is 1. The first-order valence-electron chi connectivity index (χ1n) is 5.66. The largest absolute Gasteiger partial charge is 0.477 e. The van der Waals surface area contributed by atoms with Gasteiger partial charge in [-0.15, -0.1) is 0 Å². The van der Waals surface area contributed by atoms with E-state index in [0.717, 1.165) is 5.56 Å². The molecule has 1 aromatic carbocycles. The van der Waals surface area contributed by atoms with Gasteiger partial charge in [-0.2, -0.15) is 0 Å². The van der Waals surface area contributed by atoms with E-state index in [2.05, 4.69) is 4.98 Å². The van der Waals surface area contributed by atoms with Crippen LogP contribution in [0.15, 0.2) is 42.6 Å². The standard InChI is InChI=1S/C14H12ClNO3/c15-12-5-3-10(4-6-12)8-19-9-11-2-1-7-16-13(11)14(17)18/h1-7H,8-9H2,(H,17,18). The molecular formula is C14H12ClNO3. The third-order valence-corrected chi connectivity index (χ3v) is 2.79. The lowest BCUT2D eigenvalue weighted by Crippen LogP contribution is -2.06. The van der Waals surface area contributed by atoms with Gasteiger partial charge in [0, 0.05) is 16.8 Å². The maximum atomic E-state index is 11.0. The highest BCUT2D eigenvalue weighted by Gasteiger charge is 2.10. The zero-order chi connectivity index (χ0) is 13.7. The van der Waals surface area contributed by atoms with E-state index in [4.69, 9.17) is 21.4 Å². The number of ether oxygens (including phenoxy) is 1. The van der Waals surface area contributed by atoms with Crippen LogP contribution in [0.2, 0.25) is 5.02 Å². The summed E-state index contributed by atoms with van der Waals surface area (Å²) in [5.74, 6) is -1.05. The van der Waals surface area contributed by atoms with Crippen LogP contribution in [-0.2, 0) is 18.0 Å². The van der Waals surface area contributed by atoms with Crippen molar-refractivity contribution in [3.63, 3.8) is 0 Å². The summed E-state index contributed by atoms with van der Waals surface area (Å²) in [7, 11) is 0. The highest BCUT2D eigenvalue weighted by molar-refractivity contribution is 6.30. The number of benzene rings is 1. The van der Waals surface area contributed by atoms with Crippen molar-refractivity contribution in [1.82, 2.24) is 4.98 Å². The van der Waals surface area contributed by atoms with Crippen LogP contribution in [0.1, 0.15) is 21.6 Å². The van der Waals surface area contributed by atoms with E-state index in [1.54, 1.807) is 24.3 Å². The fraction of sp³-hybridized carbons (Fsp3) is 0.143. The molecule has 0 radical (unpaired) electrons. The molecule has 0 bridgehead atoms. The SMILES string of the molecule is O=C(O)c1ncccc1COCc1ccc(Cl)cc1. The molecule has 0 saturated carbocycles. The molecule has 0 fully saturated rings. The first kappa shape index (κ1) is 13.5. The minimum Gasteiger partial charge on any atom is -0.477 e. The number of halogens is 1. The molecule has 0 aliphatic rings. The fourth-order valence-corrected chi connectivity index (χ4v) is 1.73. The Morgan fingerprint density at radius 3 is 2.63 bits per heavy atom. The molecule has 2 aromatic rings. The van der Waals surface area contributed by atoms with Crippen LogP contribution >= 0.6 is 11.6 Å². The summed E-state index contributed by atoms with van der Waals surface area (Å²) in [6, 6.07) is 10.7. The second-order valence-corrected chi connectivity index (χ2v) is 4.37. The fourth-order valence-electron chi connectivity index (χ4n) is 1.61. The molecule has 98 valence electrons. The van der Waals surface area contributed by atoms with Gasteiger partial charge in [0.1, 0.15) is 0 Å². The number of nitrogens with zero attached hydrogens (tertiary/aromatic N) is 1. The van der Waals surface area contributed by atoms with Gasteiger partial charge in [-0.3, -0.25) is 0 Å². The Bertz CT molecular complexity index is 569. The monoisotopic (exact) mass is 277 g/mol. The predicted molar refractivity (Wildman–Crippen MR) is 71.1 cm³/mol. The van der Waals surface area contributed by atoms with Crippen LogP contribution in [0.3, 0.4) is 0 Å². The number of carboxylic acids is 1. The van der Waals surface area contributed by atoms with Crippen molar-refractivity contribution in [3.8, 4) is 0 Å². The van der Waals surface area contributed by atoms with E-state index in [-0.39, 0.29) is 12.3 Å². The first-order valence-corrected chi connectivity index (χ1v) is 6.04. The number of rotatable bonds is 5. The molecule has 1 N–H and O–H groups in total. The molecular weight excluding hydrogens is 266 g/mol. The van der Waals surface area contributed by atoms with Crippen LogP contribution in [0.25, 0.3) is 0 Å². The Kier molecular flexibility index (Phi) is 4.49. The lowest BCUT2D eigenvalue weighted by molar-refractivity contribution is 0.0676. The number of hydrogen-bond donors (Lipinski definition) is 1. The van der Waals surface area contributed by atoms with Gasteiger partial charge < -0.3 is 9.84 Å². The summed E-state index contributed by atoms with van der Waals surface area (Å²) in [6.07, 6.45) is 1.45. The van der Waals surface area contributed by atoms with Crippen molar-refractivity contribution in [3.05, 3.63) is 64.4 Å². The van der Waals surface area contributed by atoms with Gasteiger partial charge in [0.05, 0.1) is 13.2 Å². The van der Waals surface area contributed by atoms with Crippen LogP contribution in [0, 0.1) is 0 Å². The van der Waals surface area contributed by atoms with E-state index < -0.39 is 5.97 Å². The molecule has 2 rings (SSSR count). The van der Waals surface area contributed by atoms with Gasteiger partial charge in [0.25, 0.3) is 0 Å². The number of carbonyl (C=O) groups is 1. The first-order chi connectivity index (χ1) is 9.16. The number of aromatic nitrogens is 1. The second kappa shape index (κ2) is 6.31. The van der Waals surface area contributed by atoms with E-state index in [1.807, 2.05) is 12.1 Å². The zero-order valence-electron chi connectivity index (χ0n) is 10.0. The Balaban J connectivity index is 1.96. The third kappa shape index (κ3) is 3.77. The average Bonchev–Trinajstić information content (AvgIpc) is 2.41. The van der Waals surface area contributed by atoms with Gasteiger partial charge in [-0.05, 0) is 23.8 Å². The highest BCUT2D eigenvalue weighted by Crippen LogP contribution is 2.12. The number of hydrogen-bond acceptors (Lipinski definition) is 3. The summed E-state index contributed by atoms with van der Waals surface area (Å²) in [5, 5.41) is 9.65. The molecule has 0 aliphatic carbocycles. The Hall–Kier alpha value is -1.91. The van der Waals surface area contributed by atoms with Gasteiger partial charge in [-0.25, -0.2) is 9.78 Å². The molecule has 0 atom stereocenters. The maximum absolute atomic E-state index is 11.0. The lowest BCUT2D eigenvalue weighted by atomic mass is 10.2.